The lowest BCUT2D eigenvalue weighted by molar-refractivity contribution is -0.0326. The first-order chi connectivity index (χ1) is 9.58. The molecule has 0 saturated heterocycles. The molecule has 1 fully saturated rings. The highest BCUT2D eigenvalue weighted by atomic mass is 16.3. The molecule has 2 N–H and O–H groups in total. The molecule has 1 aromatic carbocycles. The SMILES string of the molecule is CCC(O)(CC)CC1CC(c2ccccc2)CCC1O. The van der Waals surface area contributed by atoms with Crippen molar-refractivity contribution in [1.29, 1.82) is 0 Å². The Kier molecular flexibility index (Phi) is 5.22. The maximum absolute atomic E-state index is 10.5. The quantitative estimate of drug-likeness (QED) is 0.857. The molecule has 1 aliphatic carbocycles. The van der Waals surface area contributed by atoms with Crippen molar-refractivity contribution in [2.75, 3.05) is 0 Å². The van der Waals surface area contributed by atoms with Gasteiger partial charge in [-0.1, -0.05) is 44.2 Å². The number of aliphatic hydroxyl groups is 2. The van der Waals surface area contributed by atoms with E-state index in [-0.39, 0.29) is 12.0 Å². The minimum absolute atomic E-state index is 0.221. The van der Waals surface area contributed by atoms with Crippen LogP contribution in [0, 0.1) is 5.92 Å². The highest BCUT2D eigenvalue weighted by Gasteiger charge is 2.35. The van der Waals surface area contributed by atoms with Crippen LogP contribution < -0.4 is 0 Å². The van der Waals surface area contributed by atoms with Gasteiger partial charge in [-0.2, -0.15) is 0 Å². The Hall–Kier alpha value is -0.860. The molecule has 0 spiro atoms. The zero-order chi connectivity index (χ0) is 14.6. The fourth-order valence-electron chi connectivity index (χ4n) is 3.52. The molecule has 2 nitrogen and oxygen atoms in total. The summed E-state index contributed by atoms with van der Waals surface area (Å²) in [5.74, 6) is 0.751. The highest BCUT2D eigenvalue weighted by molar-refractivity contribution is 5.20. The van der Waals surface area contributed by atoms with E-state index in [0.717, 1.165) is 38.5 Å². The Balaban J connectivity index is 2.05. The molecule has 2 rings (SSSR count). The van der Waals surface area contributed by atoms with Gasteiger partial charge in [-0.05, 0) is 55.9 Å². The van der Waals surface area contributed by atoms with Crippen molar-refractivity contribution < 1.29 is 10.2 Å². The normalized spacial score (nSPS) is 27.5. The summed E-state index contributed by atoms with van der Waals surface area (Å²) >= 11 is 0. The average Bonchev–Trinajstić information content (AvgIpc) is 2.50. The Morgan fingerprint density at radius 2 is 1.75 bits per heavy atom. The van der Waals surface area contributed by atoms with Crippen LogP contribution in [0.4, 0.5) is 0 Å². The summed E-state index contributed by atoms with van der Waals surface area (Å²) in [6.07, 6.45) is 4.91. The fraction of sp³-hybridized carbons (Fsp3) is 0.667. The van der Waals surface area contributed by atoms with Crippen LogP contribution >= 0.6 is 0 Å². The van der Waals surface area contributed by atoms with Gasteiger partial charge < -0.3 is 10.2 Å². The molecule has 1 aliphatic rings. The van der Waals surface area contributed by atoms with Crippen molar-refractivity contribution in [2.24, 2.45) is 5.92 Å². The topological polar surface area (TPSA) is 40.5 Å². The lowest BCUT2D eigenvalue weighted by Crippen LogP contribution is -2.37. The minimum atomic E-state index is -0.607. The summed E-state index contributed by atoms with van der Waals surface area (Å²) in [7, 11) is 0. The predicted octanol–water partition coefficient (Wildman–Crippen LogP) is 3.87. The van der Waals surface area contributed by atoms with Crippen LogP contribution in [0.5, 0.6) is 0 Å². The van der Waals surface area contributed by atoms with Crippen molar-refractivity contribution in [1.82, 2.24) is 0 Å². The molecular weight excluding hydrogens is 248 g/mol. The minimum Gasteiger partial charge on any atom is -0.393 e. The molecule has 0 amide bonds. The smallest absolute Gasteiger partial charge is 0.0646 e. The summed E-state index contributed by atoms with van der Waals surface area (Å²) < 4.78 is 0. The second-order valence-corrected chi connectivity index (χ2v) is 6.38. The maximum Gasteiger partial charge on any atom is 0.0646 e. The highest BCUT2D eigenvalue weighted by Crippen LogP contribution is 2.40. The van der Waals surface area contributed by atoms with E-state index in [1.165, 1.54) is 5.56 Å². The van der Waals surface area contributed by atoms with Crippen LogP contribution in [0.15, 0.2) is 30.3 Å². The molecule has 0 aliphatic heterocycles. The number of rotatable bonds is 5. The summed E-state index contributed by atoms with van der Waals surface area (Å²) in [4.78, 5) is 0. The molecule has 1 aromatic rings. The van der Waals surface area contributed by atoms with Gasteiger partial charge in [0.05, 0.1) is 11.7 Å². The standard InChI is InChI=1S/C18H28O2/c1-3-18(20,4-2)13-16-12-15(10-11-17(16)19)14-8-6-5-7-9-14/h5-9,15-17,19-20H,3-4,10-13H2,1-2H3. The van der Waals surface area contributed by atoms with E-state index in [4.69, 9.17) is 0 Å². The Labute approximate surface area is 122 Å². The van der Waals surface area contributed by atoms with E-state index < -0.39 is 5.60 Å². The summed E-state index contributed by atoms with van der Waals surface area (Å²) in [5, 5.41) is 20.8. The van der Waals surface area contributed by atoms with Gasteiger partial charge in [0, 0.05) is 0 Å². The van der Waals surface area contributed by atoms with E-state index in [2.05, 4.69) is 24.3 Å². The summed E-state index contributed by atoms with van der Waals surface area (Å²) in [6.45, 7) is 4.07. The third kappa shape index (κ3) is 3.62. The molecule has 1 saturated carbocycles. The summed E-state index contributed by atoms with van der Waals surface area (Å²) in [5.41, 5.74) is 0.769. The molecule has 20 heavy (non-hydrogen) atoms. The van der Waals surface area contributed by atoms with Gasteiger partial charge in [0.1, 0.15) is 0 Å². The van der Waals surface area contributed by atoms with Gasteiger partial charge in [-0.3, -0.25) is 0 Å². The molecule has 0 heterocycles. The Morgan fingerprint density at radius 3 is 2.35 bits per heavy atom. The number of hydrogen-bond acceptors (Lipinski definition) is 2. The molecule has 0 radical (unpaired) electrons. The second-order valence-electron chi connectivity index (χ2n) is 6.38. The van der Waals surface area contributed by atoms with Crippen LogP contribution in [0.25, 0.3) is 0 Å². The number of hydrogen-bond donors (Lipinski definition) is 2. The predicted molar refractivity (Wildman–Crippen MR) is 82.7 cm³/mol. The summed E-state index contributed by atoms with van der Waals surface area (Å²) in [6, 6.07) is 10.6. The van der Waals surface area contributed by atoms with Crippen LogP contribution in [-0.2, 0) is 0 Å². The number of benzene rings is 1. The Morgan fingerprint density at radius 1 is 1.10 bits per heavy atom. The molecule has 0 bridgehead atoms. The zero-order valence-corrected chi connectivity index (χ0v) is 12.8. The first-order valence-electron chi connectivity index (χ1n) is 8.03. The van der Waals surface area contributed by atoms with E-state index in [0.29, 0.717) is 5.92 Å². The molecule has 3 unspecified atom stereocenters. The second kappa shape index (κ2) is 6.73. The van der Waals surface area contributed by atoms with Crippen LogP contribution in [0.3, 0.4) is 0 Å². The van der Waals surface area contributed by atoms with Crippen LogP contribution in [0.2, 0.25) is 0 Å². The fourth-order valence-corrected chi connectivity index (χ4v) is 3.52. The van der Waals surface area contributed by atoms with Crippen molar-refractivity contribution in [3.05, 3.63) is 35.9 Å². The van der Waals surface area contributed by atoms with Gasteiger partial charge in [-0.15, -0.1) is 0 Å². The number of aliphatic hydroxyl groups excluding tert-OH is 1. The van der Waals surface area contributed by atoms with E-state index in [1.807, 2.05) is 19.9 Å². The van der Waals surface area contributed by atoms with Crippen molar-refractivity contribution in [2.45, 2.75) is 70.0 Å². The van der Waals surface area contributed by atoms with E-state index >= 15 is 0 Å². The molecule has 112 valence electrons. The van der Waals surface area contributed by atoms with Gasteiger partial charge in [-0.25, -0.2) is 0 Å². The molecule has 0 aromatic heterocycles. The van der Waals surface area contributed by atoms with Crippen LogP contribution in [0.1, 0.15) is 63.9 Å². The van der Waals surface area contributed by atoms with Gasteiger partial charge in [0.25, 0.3) is 0 Å². The van der Waals surface area contributed by atoms with E-state index in [1.54, 1.807) is 0 Å². The third-order valence-electron chi connectivity index (χ3n) is 5.17. The first kappa shape index (κ1) is 15.5. The van der Waals surface area contributed by atoms with Crippen LogP contribution in [-0.4, -0.2) is 21.9 Å². The molecule has 3 atom stereocenters. The first-order valence-corrected chi connectivity index (χ1v) is 8.03. The van der Waals surface area contributed by atoms with Gasteiger partial charge in [0.2, 0.25) is 0 Å². The van der Waals surface area contributed by atoms with Crippen molar-refractivity contribution in [3.8, 4) is 0 Å². The largest absolute Gasteiger partial charge is 0.393 e. The Bertz CT molecular complexity index is 397. The average molecular weight is 276 g/mol. The van der Waals surface area contributed by atoms with Gasteiger partial charge >= 0.3 is 0 Å². The van der Waals surface area contributed by atoms with Crippen molar-refractivity contribution >= 4 is 0 Å². The molecular formula is C18H28O2. The van der Waals surface area contributed by atoms with Crippen molar-refractivity contribution in [3.63, 3.8) is 0 Å². The maximum atomic E-state index is 10.5. The van der Waals surface area contributed by atoms with Gasteiger partial charge in [0.15, 0.2) is 0 Å². The monoisotopic (exact) mass is 276 g/mol. The molecule has 2 heteroatoms. The third-order valence-corrected chi connectivity index (χ3v) is 5.17. The lowest BCUT2D eigenvalue weighted by Gasteiger charge is -2.38. The lowest BCUT2D eigenvalue weighted by atomic mass is 9.71. The zero-order valence-electron chi connectivity index (χ0n) is 12.8. The van der Waals surface area contributed by atoms with E-state index in [9.17, 15) is 10.2 Å².